The van der Waals surface area contributed by atoms with Gasteiger partial charge >= 0.3 is 11.9 Å². The van der Waals surface area contributed by atoms with E-state index in [1.54, 1.807) is 20.2 Å². The highest BCUT2D eigenvalue weighted by Crippen LogP contribution is 2.19. The SMILES string of the molecule is CC(=O)c1cc(C(=O)O[C@H]2C[C@H](C)OC2=O)n(C)c1. The highest BCUT2D eigenvalue weighted by molar-refractivity contribution is 5.98. The molecule has 1 aliphatic rings. The summed E-state index contributed by atoms with van der Waals surface area (Å²) in [6, 6.07) is 1.45. The largest absolute Gasteiger partial charge is 0.460 e. The molecule has 0 bridgehead atoms. The molecule has 0 aromatic carbocycles. The summed E-state index contributed by atoms with van der Waals surface area (Å²) >= 11 is 0. The van der Waals surface area contributed by atoms with Crippen molar-refractivity contribution in [1.29, 1.82) is 0 Å². The van der Waals surface area contributed by atoms with Gasteiger partial charge in [-0.25, -0.2) is 9.59 Å². The molecule has 1 fully saturated rings. The smallest absolute Gasteiger partial charge is 0.355 e. The van der Waals surface area contributed by atoms with Gasteiger partial charge in [-0.1, -0.05) is 0 Å². The first kappa shape index (κ1) is 13.3. The molecule has 0 amide bonds. The Bertz CT molecular complexity index is 545. The van der Waals surface area contributed by atoms with Gasteiger partial charge in [0.2, 0.25) is 6.10 Å². The van der Waals surface area contributed by atoms with Crippen molar-refractivity contribution >= 4 is 17.7 Å². The Morgan fingerprint density at radius 1 is 1.47 bits per heavy atom. The molecule has 6 nitrogen and oxygen atoms in total. The Labute approximate surface area is 110 Å². The van der Waals surface area contributed by atoms with Crippen LogP contribution in [0.4, 0.5) is 0 Å². The van der Waals surface area contributed by atoms with Crippen LogP contribution in [-0.4, -0.2) is 34.5 Å². The molecule has 1 aromatic rings. The molecular formula is C13H15NO5. The Morgan fingerprint density at radius 3 is 2.63 bits per heavy atom. The first-order valence-electron chi connectivity index (χ1n) is 5.97. The molecule has 0 saturated carbocycles. The van der Waals surface area contributed by atoms with Crippen LogP contribution < -0.4 is 0 Å². The third-order valence-electron chi connectivity index (χ3n) is 3.00. The summed E-state index contributed by atoms with van der Waals surface area (Å²) in [7, 11) is 1.64. The van der Waals surface area contributed by atoms with Crippen LogP contribution in [-0.2, 0) is 21.3 Å². The second kappa shape index (κ2) is 4.87. The van der Waals surface area contributed by atoms with Crippen molar-refractivity contribution in [3.63, 3.8) is 0 Å². The maximum absolute atomic E-state index is 11.9. The summed E-state index contributed by atoms with van der Waals surface area (Å²) in [6.45, 7) is 3.16. The van der Waals surface area contributed by atoms with Gasteiger partial charge in [0.05, 0.1) is 0 Å². The number of aryl methyl sites for hydroxylation is 1. The third-order valence-corrected chi connectivity index (χ3v) is 3.00. The molecule has 0 unspecified atom stereocenters. The number of hydrogen-bond acceptors (Lipinski definition) is 5. The second-order valence-electron chi connectivity index (χ2n) is 4.66. The predicted molar refractivity (Wildman–Crippen MR) is 64.8 cm³/mol. The number of carbonyl (C=O) groups is 3. The zero-order chi connectivity index (χ0) is 14.2. The molecule has 0 aliphatic carbocycles. The number of aromatic nitrogens is 1. The predicted octanol–water partition coefficient (Wildman–Crippen LogP) is 1.09. The maximum Gasteiger partial charge on any atom is 0.355 e. The van der Waals surface area contributed by atoms with Gasteiger partial charge in [-0.2, -0.15) is 0 Å². The normalized spacial score (nSPS) is 22.2. The summed E-state index contributed by atoms with van der Waals surface area (Å²) in [5.41, 5.74) is 0.661. The Hall–Kier alpha value is -2.11. The zero-order valence-corrected chi connectivity index (χ0v) is 11.0. The average molecular weight is 265 g/mol. The van der Waals surface area contributed by atoms with Crippen molar-refractivity contribution < 1.29 is 23.9 Å². The Morgan fingerprint density at radius 2 is 2.16 bits per heavy atom. The summed E-state index contributed by atoms with van der Waals surface area (Å²) < 4.78 is 11.5. The molecular weight excluding hydrogens is 250 g/mol. The molecule has 1 saturated heterocycles. The van der Waals surface area contributed by atoms with Gasteiger partial charge in [-0.05, 0) is 19.9 Å². The number of carbonyl (C=O) groups excluding carboxylic acids is 3. The zero-order valence-electron chi connectivity index (χ0n) is 11.0. The van der Waals surface area contributed by atoms with Crippen LogP contribution in [0.15, 0.2) is 12.3 Å². The van der Waals surface area contributed by atoms with Gasteiger partial charge in [0, 0.05) is 25.2 Å². The first-order chi connectivity index (χ1) is 8.88. The van der Waals surface area contributed by atoms with E-state index in [2.05, 4.69) is 0 Å². The van der Waals surface area contributed by atoms with Crippen molar-refractivity contribution in [2.45, 2.75) is 32.5 Å². The number of nitrogens with zero attached hydrogens (tertiary/aromatic N) is 1. The van der Waals surface area contributed by atoms with Crippen molar-refractivity contribution in [3.05, 3.63) is 23.5 Å². The van der Waals surface area contributed by atoms with E-state index in [0.717, 1.165) is 0 Å². The highest BCUT2D eigenvalue weighted by Gasteiger charge is 2.35. The number of Topliss-reactive ketones (excluding diaryl/α,β-unsaturated/α-hetero) is 1. The van der Waals surface area contributed by atoms with E-state index >= 15 is 0 Å². The fourth-order valence-corrected chi connectivity index (χ4v) is 1.97. The van der Waals surface area contributed by atoms with Crippen molar-refractivity contribution in [2.75, 3.05) is 0 Å². The first-order valence-corrected chi connectivity index (χ1v) is 5.97. The molecule has 0 spiro atoms. The second-order valence-corrected chi connectivity index (χ2v) is 4.66. The van der Waals surface area contributed by atoms with Gasteiger partial charge in [0.1, 0.15) is 11.8 Å². The lowest BCUT2D eigenvalue weighted by Crippen LogP contribution is -2.23. The molecule has 2 heterocycles. The van der Waals surface area contributed by atoms with E-state index in [1.807, 2.05) is 0 Å². The van der Waals surface area contributed by atoms with Crippen LogP contribution in [0.5, 0.6) is 0 Å². The van der Waals surface area contributed by atoms with Gasteiger partial charge < -0.3 is 14.0 Å². The molecule has 6 heteroatoms. The van der Waals surface area contributed by atoms with E-state index in [0.29, 0.717) is 12.0 Å². The molecule has 2 atom stereocenters. The molecule has 2 rings (SSSR count). The fourth-order valence-electron chi connectivity index (χ4n) is 1.97. The molecule has 19 heavy (non-hydrogen) atoms. The highest BCUT2D eigenvalue weighted by atomic mass is 16.6. The lowest BCUT2D eigenvalue weighted by Gasteiger charge is -2.08. The number of ketones is 1. The number of cyclic esters (lactones) is 1. The molecule has 1 aliphatic heterocycles. The van der Waals surface area contributed by atoms with E-state index in [1.165, 1.54) is 17.6 Å². The van der Waals surface area contributed by atoms with Crippen LogP contribution in [0.25, 0.3) is 0 Å². The third kappa shape index (κ3) is 2.67. The summed E-state index contributed by atoms with van der Waals surface area (Å²) in [5.74, 6) is -1.29. The van der Waals surface area contributed by atoms with Crippen molar-refractivity contribution in [3.8, 4) is 0 Å². The minimum Gasteiger partial charge on any atom is -0.460 e. The number of hydrogen-bond donors (Lipinski definition) is 0. The number of ether oxygens (including phenoxy) is 2. The molecule has 0 N–H and O–H groups in total. The van der Waals surface area contributed by atoms with Gasteiger partial charge in [-0.3, -0.25) is 4.79 Å². The fraction of sp³-hybridized carbons (Fsp3) is 0.462. The molecule has 102 valence electrons. The van der Waals surface area contributed by atoms with E-state index in [9.17, 15) is 14.4 Å². The van der Waals surface area contributed by atoms with Crippen LogP contribution in [0.3, 0.4) is 0 Å². The van der Waals surface area contributed by atoms with Gasteiger partial charge in [0.25, 0.3) is 0 Å². The molecule has 0 radical (unpaired) electrons. The van der Waals surface area contributed by atoms with E-state index < -0.39 is 18.0 Å². The quantitative estimate of drug-likeness (QED) is 0.604. The number of esters is 2. The maximum atomic E-state index is 11.9. The van der Waals surface area contributed by atoms with E-state index in [-0.39, 0.29) is 17.6 Å². The van der Waals surface area contributed by atoms with Crippen LogP contribution in [0.2, 0.25) is 0 Å². The van der Waals surface area contributed by atoms with E-state index in [4.69, 9.17) is 9.47 Å². The van der Waals surface area contributed by atoms with Gasteiger partial charge in [-0.15, -0.1) is 0 Å². The average Bonchev–Trinajstić information content (AvgIpc) is 2.83. The Balaban J connectivity index is 2.12. The van der Waals surface area contributed by atoms with Crippen molar-refractivity contribution in [1.82, 2.24) is 4.57 Å². The topological polar surface area (TPSA) is 74.6 Å². The summed E-state index contributed by atoms with van der Waals surface area (Å²) in [4.78, 5) is 34.6. The van der Waals surface area contributed by atoms with Crippen molar-refractivity contribution in [2.24, 2.45) is 7.05 Å². The van der Waals surface area contributed by atoms with Crippen LogP contribution >= 0.6 is 0 Å². The lowest BCUT2D eigenvalue weighted by atomic mass is 10.2. The van der Waals surface area contributed by atoms with Crippen LogP contribution in [0.1, 0.15) is 41.1 Å². The standard InChI is InChI=1S/C13H15NO5/c1-7-4-11(13(17)18-7)19-12(16)10-5-9(8(2)15)6-14(10)3/h5-7,11H,4H2,1-3H3/t7-,11-/m0/s1. The number of rotatable bonds is 3. The molecule has 1 aromatic heterocycles. The van der Waals surface area contributed by atoms with Gasteiger partial charge in [0.15, 0.2) is 5.78 Å². The minimum atomic E-state index is -0.863. The Kier molecular flexibility index (Phi) is 3.42. The summed E-state index contributed by atoms with van der Waals surface area (Å²) in [6.07, 6.45) is 0.799. The lowest BCUT2D eigenvalue weighted by molar-refractivity contribution is -0.147. The minimum absolute atomic E-state index is 0.136. The van der Waals surface area contributed by atoms with Crippen LogP contribution in [0, 0.1) is 0 Å². The summed E-state index contributed by atoms with van der Waals surface area (Å²) in [5, 5.41) is 0. The monoisotopic (exact) mass is 265 g/mol.